The van der Waals surface area contributed by atoms with Crippen molar-refractivity contribution in [3.05, 3.63) is 60.3 Å². The van der Waals surface area contributed by atoms with E-state index in [4.69, 9.17) is 5.73 Å². The minimum Gasteiger partial charge on any atom is -0.364 e. The zero-order valence-corrected chi connectivity index (χ0v) is 10.7. The molecule has 3 rings (SSSR count). The second kappa shape index (κ2) is 4.81. The van der Waals surface area contributed by atoms with E-state index in [1.54, 1.807) is 6.07 Å². The molecule has 0 radical (unpaired) electrons. The van der Waals surface area contributed by atoms with Crippen molar-refractivity contribution in [2.45, 2.75) is 6.80 Å². The number of para-hydroxylation sites is 1. The topological polar surface area (TPSA) is 48.0 Å². The molecule has 2 aromatic carbocycles. The van der Waals surface area contributed by atoms with Gasteiger partial charge in [0.05, 0.1) is 5.52 Å². The smallest absolute Gasteiger partial charge is 0.266 e. The molecule has 1 heterocycles. The molecule has 4 heteroatoms. The Morgan fingerprint density at radius 2 is 1.70 bits per heavy atom. The van der Waals surface area contributed by atoms with Crippen molar-refractivity contribution < 1.29 is 9.18 Å². The summed E-state index contributed by atoms with van der Waals surface area (Å²) in [6.45, 7) is -0.786. The van der Waals surface area contributed by atoms with Crippen LogP contribution < -0.4 is 5.73 Å². The van der Waals surface area contributed by atoms with E-state index < -0.39 is 12.7 Å². The number of carbonyl (C=O) groups is 1. The maximum atomic E-state index is 13.4. The van der Waals surface area contributed by atoms with Crippen molar-refractivity contribution in [2.75, 3.05) is 0 Å². The number of amides is 1. The molecule has 0 fully saturated rings. The van der Waals surface area contributed by atoms with Crippen molar-refractivity contribution in [1.29, 1.82) is 0 Å². The molecule has 3 aromatic rings. The van der Waals surface area contributed by atoms with Gasteiger partial charge in [0.15, 0.2) is 6.80 Å². The predicted octanol–water partition coefficient (Wildman–Crippen LogP) is 3.33. The van der Waals surface area contributed by atoms with Crippen molar-refractivity contribution in [2.24, 2.45) is 5.73 Å². The van der Waals surface area contributed by atoms with Gasteiger partial charge in [0.2, 0.25) is 0 Å². The maximum Gasteiger partial charge on any atom is 0.266 e. The van der Waals surface area contributed by atoms with Crippen molar-refractivity contribution >= 4 is 16.8 Å². The summed E-state index contributed by atoms with van der Waals surface area (Å²) in [4.78, 5) is 11.8. The van der Waals surface area contributed by atoms with Gasteiger partial charge in [-0.3, -0.25) is 4.79 Å². The Kier molecular flexibility index (Phi) is 2.99. The lowest BCUT2D eigenvalue weighted by atomic mass is 10.0. The summed E-state index contributed by atoms with van der Waals surface area (Å²) in [7, 11) is 0. The van der Waals surface area contributed by atoms with Crippen LogP contribution in [0, 0.1) is 0 Å². The number of nitrogens with zero attached hydrogens (tertiary/aromatic N) is 1. The zero-order chi connectivity index (χ0) is 14.1. The quantitative estimate of drug-likeness (QED) is 0.778. The number of halogens is 1. The van der Waals surface area contributed by atoms with E-state index in [1.165, 1.54) is 4.57 Å². The van der Waals surface area contributed by atoms with Crippen LogP contribution >= 0.6 is 0 Å². The number of rotatable bonds is 3. The second-order valence-corrected chi connectivity index (χ2v) is 4.52. The first-order valence-corrected chi connectivity index (χ1v) is 6.26. The van der Waals surface area contributed by atoms with Crippen LogP contribution in [0.3, 0.4) is 0 Å². The Morgan fingerprint density at radius 3 is 2.35 bits per heavy atom. The Bertz CT molecular complexity index is 778. The van der Waals surface area contributed by atoms with Gasteiger partial charge in [-0.15, -0.1) is 0 Å². The molecule has 3 nitrogen and oxygen atoms in total. The van der Waals surface area contributed by atoms with Crippen LogP contribution in [0.4, 0.5) is 4.39 Å². The minimum atomic E-state index is -0.786. The number of primary amides is 1. The molecule has 0 saturated heterocycles. The van der Waals surface area contributed by atoms with E-state index >= 15 is 0 Å². The first-order chi connectivity index (χ1) is 9.74. The average Bonchev–Trinajstić information content (AvgIpc) is 2.82. The van der Waals surface area contributed by atoms with Crippen LogP contribution in [0.5, 0.6) is 0 Å². The second-order valence-electron chi connectivity index (χ2n) is 4.52. The van der Waals surface area contributed by atoms with Crippen LogP contribution in [-0.2, 0) is 6.80 Å². The van der Waals surface area contributed by atoms with Crippen LogP contribution in [-0.4, -0.2) is 10.5 Å². The zero-order valence-electron chi connectivity index (χ0n) is 10.7. The third-order valence-corrected chi connectivity index (χ3v) is 3.39. The first kappa shape index (κ1) is 12.4. The van der Waals surface area contributed by atoms with Crippen molar-refractivity contribution in [1.82, 2.24) is 4.57 Å². The molecule has 0 saturated carbocycles. The average molecular weight is 268 g/mol. The number of fused-ring (bicyclic) bond motifs is 1. The maximum absolute atomic E-state index is 13.4. The fraction of sp³-hybridized carbons (Fsp3) is 0.0625. The number of hydrogen-bond donors (Lipinski definition) is 1. The highest BCUT2D eigenvalue weighted by molar-refractivity contribution is 6.09. The molecule has 1 aromatic heterocycles. The fourth-order valence-electron chi connectivity index (χ4n) is 2.58. The SMILES string of the molecule is NC(=O)c1c(-c2ccccc2)c2ccccc2n1CF. The number of nitrogens with two attached hydrogens (primary N) is 1. The molecular formula is C16H13FN2O. The summed E-state index contributed by atoms with van der Waals surface area (Å²) in [5.41, 5.74) is 7.88. The van der Waals surface area contributed by atoms with Gasteiger partial charge in [-0.2, -0.15) is 0 Å². The highest BCUT2D eigenvalue weighted by atomic mass is 19.1. The van der Waals surface area contributed by atoms with E-state index in [1.807, 2.05) is 48.5 Å². The van der Waals surface area contributed by atoms with Crippen molar-refractivity contribution in [3.8, 4) is 11.1 Å². The monoisotopic (exact) mass is 268 g/mol. The molecule has 0 bridgehead atoms. The number of aromatic nitrogens is 1. The number of alkyl halides is 1. The molecule has 20 heavy (non-hydrogen) atoms. The lowest BCUT2D eigenvalue weighted by molar-refractivity contribution is 0.0989. The number of hydrogen-bond acceptors (Lipinski definition) is 1. The van der Waals surface area contributed by atoms with Crippen LogP contribution in [0.2, 0.25) is 0 Å². The fourth-order valence-corrected chi connectivity index (χ4v) is 2.58. The number of benzene rings is 2. The van der Waals surface area contributed by atoms with Gasteiger partial charge in [-0.1, -0.05) is 48.5 Å². The number of carbonyl (C=O) groups excluding carboxylic acids is 1. The molecule has 0 atom stereocenters. The molecule has 0 spiro atoms. The molecular weight excluding hydrogens is 255 g/mol. The van der Waals surface area contributed by atoms with Gasteiger partial charge < -0.3 is 10.3 Å². The lowest BCUT2D eigenvalue weighted by Gasteiger charge is -2.05. The summed E-state index contributed by atoms with van der Waals surface area (Å²) < 4.78 is 14.7. The highest BCUT2D eigenvalue weighted by Gasteiger charge is 2.21. The largest absolute Gasteiger partial charge is 0.364 e. The summed E-state index contributed by atoms with van der Waals surface area (Å²) >= 11 is 0. The molecule has 100 valence electrons. The summed E-state index contributed by atoms with van der Waals surface area (Å²) in [5.74, 6) is -0.627. The highest BCUT2D eigenvalue weighted by Crippen LogP contribution is 2.34. The lowest BCUT2D eigenvalue weighted by Crippen LogP contribution is -2.17. The normalized spacial score (nSPS) is 10.8. The Balaban J connectivity index is 2.46. The molecule has 0 aliphatic carbocycles. The van der Waals surface area contributed by atoms with E-state index in [9.17, 15) is 9.18 Å². The van der Waals surface area contributed by atoms with Gasteiger partial charge in [0.1, 0.15) is 5.69 Å². The molecule has 0 aliphatic rings. The Hall–Kier alpha value is -2.62. The van der Waals surface area contributed by atoms with E-state index in [-0.39, 0.29) is 5.69 Å². The first-order valence-electron chi connectivity index (χ1n) is 6.26. The summed E-state index contributed by atoms with van der Waals surface area (Å²) in [6.07, 6.45) is 0. The van der Waals surface area contributed by atoms with Crippen LogP contribution in [0.1, 0.15) is 10.5 Å². The molecule has 2 N–H and O–H groups in total. The summed E-state index contributed by atoms with van der Waals surface area (Å²) in [6, 6.07) is 16.7. The third-order valence-electron chi connectivity index (χ3n) is 3.39. The van der Waals surface area contributed by atoms with E-state index in [0.29, 0.717) is 11.1 Å². The Labute approximate surface area is 115 Å². The van der Waals surface area contributed by atoms with Gasteiger partial charge in [0.25, 0.3) is 5.91 Å². The van der Waals surface area contributed by atoms with Gasteiger partial charge in [-0.05, 0) is 11.6 Å². The Morgan fingerprint density at radius 1 is 1.05 bits per heavy atom. The molecule has 1 amide bonds. The predicted molar refractivity (Wildman–Crippen MR) is 77.0 cm³/mol. The van der Waals surface area contributed by atoms with Gasteiger partial charge in [0, 0.05) is 10.9 Å². The van der Waals surface area contributed by atoms with Gasteiger partial charge in [-0.25, -0.2) is 4.39 Å². The van der Waals surface area contributed by atoms with Gasteiger partial charge >= 0.3 is 0 Å². The third kappa shape index (κ3) is 1.77. The molecule has 0 aliphatic heterocycles. The van der Waals surface area contributed by atoms with E-state index in [2.05, 4.69) is 0 Å². The standard InChI is InChI=1S/C16H13FN2O/c17-10-19-13-9-5-4-8-12(13)14(15(19)16(18)20)11-6-2-1-3-7-11/h1-9H,10H2,(H2,18,20). The van der Waals surface area contributed by atoms with Crippen LogP contribution in [0.15, 0.2) is 54.6 Å². The van der Waals surface area contributed by atoms with Crippen molar-refractivity contribution in [3.63, 3.8) is 0 Å². The minimum absolute atomic E-state index is 0.208. The molecule has 0 unspecified atom stereocenters. The van der Waals surface area contributed by atoms with Crippen LogP contribution in [0.25, 0.3) is 22.0 Å². The van der Waals surface area contributed by atoms with E-state index in [0.717, 1.165) is 10.9 Å². The summed E-state index contributed by atoms with van der Waals surface area (Å²) in [5, 5.41) is 0.824.